The number of hydrogen-bond donors (Lipinski definition) is 0. The van der Waals surface area contributed by atoms with E-state index >= 15 is 0 Å². The summed E-state index contributed by atoms with van der Waals surface area (Å²) < 4.78 is 7.41. The van der Waals surface area contributed by atoms with Gasteiger partial charge in [0, 0.05) is 25.4 Å². The van der Waals surface area contributed by atoms with Crippen molar-refractivity contribution in [2.24, 2.45) is 7.05 Å². The number of aromatic nitrogens is 4. The Morgan fingerprint density at radius 2 is 2.06 bits per heavy atom. The molecule has 0 aliphatic carbocycles. The summed E-state index contributed by atoms with van der Waals surface area (Å²) in [5.41, 5.74) is 1.74. The Hall–Kier alpha value is -2.14. The highest BCUT2D eigenvalue weighted by Crippen LogP contribution is 2.24. The maximum atomic E-state index is 5.79. The van der Waals surface area contributed by atoms with Gasteiger partial charge in [-0.25, -0.2) is 9.97 Å². The first-order valence-corrected chi connectivity index (χ1v) is 5.67. The monoisotopic (exact) mass is 260 g/mol. The fourth-order valence-electron chi connectivity index (χ4n) is 1.65. The summed E-state index contributed by atoms with van der Waals surface area (Å²) in [5.74, 6) is 1.26. The number of aryl methyl sites for hydroxylation is 1. The van der Waals surface area contributed by atoms with Gasteiger partial charge in [-0.05, 0) is 6.07 Å². The Labute approximate surface area is 108 Å². The molecular formula is C12H9ClN4O. The molecule has 3 rings (SSSR count). The average molecular weight is 261 g/mol. The molecule has 0 spiro atoms. The molecule has 0 N–H and O–H groups in total. The zero-order valence-electron chi connectivity index (χ0n) is 9.54. The number of hydrogen-bond acceptors (Lipinski definition) is 4. The van der Waals surface area contributed by atoms with Crippen molar-refractivity contribution in [3.8, 4) is 11.5 Å². The predicted octanol–water partition coefficient (Wildman–Crippen LogP) is 2.81. The van der Waals surface area contributed by atoms with Crippen molar-refractivity contribution in [3.05, 3.63) is 41.9 Å². The van der Waals surface area contributed by atoms with Crippen LogP contribution in [-0.4, -0.2) is 19.7 Å². The highest BCUT2D eigenvalue weighted by Gasteiger charge is 2.04. The molecule has 5 nitrogen and oxygen atoms in total. The van der Waals surface area contributed by atoms with Gasteiger partial charge in [-0.2, -0.15) is 5.10 Å². The molecule has 0 saturated heterocycles. The largest absolute Gasteiger partial charge is 0.455 e. The van der Waals surface area contributed by atoms with Crippen LogP contribution in [0.4, 0.5) is 0 Å². The first-order valence-electron chi connectivity index (χ1n) is 5.29. The third-order valence-corrected chi connectivity index (χ3v) is 2.71. The number of nitrogens with zero attached hydrogens (tertiary/aromatic N) is 4. The molecule has 0 amide bonds. The molecule has 0 radical (unpaired) electrons. The minimum atomic E-state index is 0.391. The minimum Gasteiger partial charge on any atom is -0.455 e. The molecule has 0 unspecified atom stereocenters. The molecule has 0 aromatic carbocycles. The highest BCUT2D eigenvalue weighted by atomic mass is 35.5. The van der Waals surface area contributed by atoms with Crippen LogP contribution in [-0.2, 0) is 7.05 Å². The summed E-state index contributed by atoms with van der Waals surface area (Å²) in [7, 11) is 1.86. The topological polar surface area (TPSA) is 52.8 Å². The van der Waals surface area contributed by atoms with E-state index in [0.29, 0.717) is 16.7 Å². The average Bonchev–Trinajstić information content (AvgIpc) is 2.71. The predicted molar refractivity (Wildman–Crippen MR) is 67.8 cm³/mol. The van der Waals surface area contributed by atoms with Crippen LogP contribution < -0.4 is 4.74 Å². The summed E-state index contributed by atoms with van der Waals surface area (Å²) in [6.45, 7) is 0. The smallest absolute Gasteiger partial charge is 0.147 e. The quantitative estimate of drug-likeness (QED) is 0.665. The molecule has 6 heteroatoms. The fraction of sp³-hybridized carbons (Fsp3) is 0.0833. The Morgan fingerprint density at radius 1 is 1.17 bits per heavy atom. The Bertz CT molecular complexity index is 710. The zero-order chi connectivity index (χ0) is 12.5. The second-order valence-electron chi connectivity index (χ2n) is 3.76. The number of fused-ring (bicyclic) bond motifs is 1. The van der Waals surface area contributed by atoms with E-state index in [4.69, 9.17) is 16.3 Å². The third-order valence-electron chi connectivity index (χ3n) is 2.51. The van der Waals surface area contributed by atoms with E-state index in [1.54, 1.807) is 35.4 Å². The Kier molecular flexibility index (Phi) is 2.60. The van der Waals surface area contributed by atoms with Gasteiger partial charge in [0.05, 0.1) is 17.9 Å². The molecule has 18 heavy (non-hydrogen) atoms. The van der Waals surface area contributed by atoms with Crippen LogP contribution in [0.1, 0.15) is 0 Å². The first kappa shape index (κ1) is 11.0. The zero-order valence-corrected chi connectivity index (χ0v) is 10.3. The van der Waals surface area contributed by atoms with Crippen LogP contribution in [0.5, 0.6) is 11.5 Å². The van der Waals surface area contributed by atoms with Crippen molar-refractivity contribution in [1.82, 2.24) is 19.7 Å². The number of halogens is 1. The molecule has 3 aromatic rings. The molecule has 90 valence electrons. The standard InChI is InChI=1S/C12H9ClN4O/c1-17-11-4-9(6-15-10(11)7-16-17)18-8-2-3-14-12(13)5-8/h2-7H,1H3. The maximum absolute atomic E-state index is 5.79. The molecular weight excluding hydrogens is 252 g/mol. The number of ether oxygens (including phenoxy) is 1. The van der Waals surface area contributed by atoms with Gasteiger partial charge >= 0.3 is 0 Å². The van der Waals surface area contributed by atoms with Crippen molar-refractivity contribution < 1.29 is 4.74 Å². The summed E-state index contributed by atoms with van der Waals surface area (Å²) in [6, 6.07) is 5.26. The molecule has 0 fully saturated rings. The molecule has 3 heterocycles. The lowest BCUT2D eigenvalue weighted by Gasteiger charge is -2.05. The number of pyridine rings is 2. The van der Waals surface area contributed by atoms with Gasteiger partial charge in [0.1, 0.15) is 22.2 Å². The first-order chi connectivity index (χ1) is 8.72. The second-order valence-corrected chi connectivity index (χ2v) is 4.15. The maximum Gasteiger partial charge on any atom is 0.147 e. The lowest BCUT2D eigenvalue weighted by atomic mass is 10.3. The van der Waals surface area contributed by atoms with Gasteiger partial charge in [0.15, 0.2) is 0 Å². The van der Waals surface area contributed by atoms with E-state index in [0.717, 1.165) is 11.0 Å². The molecule has 0 bridgehead atoms. The molecule has 0 aliphatic heterocycles. The SMILES string of the molecule is Cn1ncc2ncc(Oc3ccnc(Cl)c3)cc21. The van der Waals surface area contributed by atoms with Crippen LogP contribution >= 0.6 is 11.6 Å². The van der Waals surface area contributed by atoms with Crippen molar-refractivity contribution in [2.75, 3.05) is 0 Å². The molecule has 0 atom stereocenters. The Morgan fingerprint density at radius 3 is 2.89 bits per heavy atom. The normalized spacial score (nSPS) is 10.8. The van der Waals surface area contributed by atoms with Crippen LogP contribution in [0.15, 0.2) is 36.8 Å². The van der Waals surface area contributed by atoms with Crippen molar-refractivity contribution in [3.63, 3.8) is 0 Å². The third kappa shape index (κ3) is 2.00. The van der Waals surface area contributed by atoms with Gasteiger partial charge in [-0.3, -0.25) is 4.68 Å². The highest BCUT2D eigenvalue weighted by molar-refractivity contribution is 6.29. The molecule has 0 aliphatic rings. The lowest BCUT2D eigenvalue weighted by Crippen LogP contribution is -1.91. The minimum absolute atomic E-state index is 0.391. The van der Waals surface area contributed by atoms with Gasteiger partial charge in [-0.15, -0.1) is 0 Å². The summed E-state index contributed by atoms with van der Waals surface area (Å²) in [5, 5.41) is 4.52. The fourth-order valence-corrected chi connectivity index (χ4v) is 1.81. The molecule has 0 saturated carbocycles. The van der Waals surface area contributed by atoms with Crippen LogP contribution in [0.2, 0.25) is 5.15 Å². The lowest BCUT2D eigenvalue weighted by molar-refractivity contribution is 0.480. The van der Waals surface area contributed by atoms with E-state index < -0.39 is 0 Å². The Balaban J connectivity index is 1.97. The van der Waals surface area contributed by atoms with E-state index in [2.05, 4.69) is 15.1 Å². The second kappa shape index (κ2) is 4.27. The van der Waals surface area contributed by atoms with Gasteiger partial charge in [0.2, 0.25) is 0 Å². The van der Waals surface area contributed by atoms with E-state index in [1.165, 1.54) is 0 Å². The summed E-state index contributed by atoms with van der Waals surface area (Å²) >= 11 is 5.79. The van der Waals surface area contributed by atoms with Crippen molar-refractivity contribution in [2.45, 2.75) is 0 Å². The van der Waals surface area contributed by atoms with E-state index in [9.17, 15) is 0 Å². The van der Waals surface area contributed by atoms with Crippen LogP contribution in [0.3, 0.4) is 0 Å². The van der Waals surface area contributed by atoms with Crippen LogP contribution in [0, 0.1) is 0 Å². The van der Waals surface area contributed by atoms with Gasteiger partial charge in [0.25, 0.3) is 0 Å². The van der Waals surface area contributed by atoms with Crippen LogP contribution in [0.25, 0.3) is 11.0 Å². The van der Waals surface area contributed by atoms with Crippen molar-refractivity contribution >= 4 is 22.6 Å². The summed E-state index contributed by atoms with van der Waals surface area (Å²) in [6.07, 6.45) is 4.95. The van der Waals surface area contributed by atoms with Gasteiger partial charge in [-0.1, -0.05) is 11.6 Å². The van der Waals surface area contributed by atoms with E-state index in [1.807, 2.05) is 13.1 Å². The van der Waals surface area contributed by atoms with E-state index in [-0.39, 0.29) is 0 Å². The van der Waals surface area contributed by atoms with Crippen molar-refractivity contribution in [1.29, 1.82) is 0 Å². The summed E-state index contributed by atoms with van der Waals surface area (Å²) in [4.78, 5) is 8.16. The number of rotatable bonds is 2. The van der Waals surface area contributed by atoms with Gasteiger partial charge < -0.3 is 4.74 Å². The molecule has 3 aromatic heterocycles.